The number of hydrogen-bond donors (Lipinski definition) is 2. The van der Waals surface area contributed by atoms with Gasteiger partial charge >= 0.3 is 5.97 Å². The number of rotatable bonds is 3. The van der Waals surface area contributed by atoms with Gasteiger partial charge in [0.1, 0.15) is 6.04 Å². The van der Waals surface area contributed by atoms with Gasteiger partial charge in [0.05, 0.1) is 0 Å². The topological polar surface area (TPSA) is 78.3 Å². The van der Waals surface area contributed by atoms with E-state index in [1.165, 1.54) is 0 Å². The molecule has 4 N–H and O–H groups in total. The predicted octanol–water partition coefficient (Wildman–Crippen LogP) is 0.395. The molecule has 0 heterocycles. The van der Waals surface area contributed by atoms with E-state index in [9.17, 15) is 4.79 Å². The molecule has 0 saturated carbocycles. The van der Waals surface area contributed by atoms with Crippen molar-refractivity contribution in [2.24, 2.45) is 11.6 Å². The third kappa shape index (κ3) is 3.74. The lowest BCUT2D eigenvalue weighted by Crippen LogP contribution is -2.35. The molecule has 78 valence electrons. The molecule has 1 aromatic rings. The Bertz CT molecular complexity index is 279. The highest BCUT2D eigenvalue weighted by Crippen LogP contribution is 2.01. The zero-order valence-corrected chi connectivity index (χ0v) is 8.37. The monoisotopic (exact) mass is 216 g/mol. The Morgan fingerprint density at radius 2 is 1.93 bits per heavy atom. The van der Waals surface area contributed by atoms with Gasteiger partial charge in [-0.05, 0) is 12.0 Å². The van der Waals surface area contributed by atoms with Gasteiger partial charge in [0.2, 0.25) is 0 Å². The molecule has 0 amide bonds. The molecular formula is C9H13ClN2O2. The van der Waals surface area contributed by atoms with Crippen molar-refractivity contribution in [2.45, 2.75) is 12.5 Å². The number of benzene rings is 1. The van der Waals surface area contributed by atoms with Gasteiger partial charge in [-0.15, -0.1) is 12.4 Å². The van der Waals surface area contributed by atoms with E-state index in [1.807, 2.05) is 30.3 Å². The van der Waals surface area contributed by atoms with Crippen molar-refractivity contribution < 1.29 is 9.63 Å². The fourth-order valence-electron chi connectivity index (χ4n) is 1.04. The van der Waals surface area contributed by atoms with E-state index in [0.717, 1.165) is 5.56 Å². The average Bonchev–Trinajstić information content (AvgIpc) is 2.18. The third-order valence-electron chi connectivity index (χ3n) is 1.72. The molecular weight excluding hydrogens is 204 g/mol. The van der Waals surface area contributed by atoms with Gasteiger partial charge in [0.25, 0.3) is 0 Å². The summed E-state index contributed by atoms with van der Waals surface area (Å²) in [5.74, 6) is 4.10. The van der Waals surface area contributed by atoms with Gasteiger partial charge in [-0.25, -0.2) is 4.79 Å². The van der Waals surface area contributed by atoms with Crippen LogP contribution in [-0.2, 0) is 16.1 Å². The normalized spacial score (nSPS) is 11.3. The van der Waals surface area contributed by atoms with Crippen LogP contribution in [0.2, 0.25) is 0 Å². The summed E-state index contributed by atoms with van der Waals surface area (Å²) in [4.78, 5) is 14.9. The van der Waals surface area contributed by atoms with Crippen LogP contribution in [0, 0.1) is 0 Å². The van der Waals surface area contributed by atoms with Crippen molar-refractivity contribution in [2.75, 3.05) is 0 Å². The quantitative estimate of drug-likeness (QED) is 0.717. The highest BCUT2D eigenvalue weighted by Gasteiger charge is 2.14. The van der Waals surface area contributed by atoms with E-state index < -0.39 is 12.0 Å². The maximum Gasteiger partial charge on any atom is 0.341 e. The average molecular weight is 217 g/mol. The maximum absolute atomic E-state index is 10.8. The summed E-state index contributed by atoms with van der Waals surface area (Å²) in [5, 5.41) is 0. The van der Waals surface area contributed by atoms with Gasteiger partial charge in [-0.3, -0.25) is 0 Å². The van der Waals surface area contributed by atoms with Crippen LogP contribution in [0.1, 0.15) is 5.56 Å². The lowest BCUT2D eigenvalue weighted by molar-refractivity contribution is -0.145. The van der Waals surface area contributed by atoms with E-state index in [1.54, 1.807) is 0 Å². The molecule has 5 heteroatoms. The Balaban J connectivity index is 0.00000169. The fraction of sp³-hybridized carbons (Fsp3) is 0.222. The van der Waals surface area contributed by atoms with Crippen LogP contribution in [0.3, 0.4) is 0 Å². The van der Waals surface area contributed by atoms with Crippen LogP contribution < -0.4 is 11.6 Å². The first-order valence-electron chi connectivity index (χ1n) is 3.94. The standard InChI is InChI=1S/C9H12N2O2.ClH/c10-8(9(12)13-11)6-7-4-2-1-3-5-7;/h1-5,8H,6,10-11H2;1H/t8-;/m0./s1. The fourth-order valence-corrected chi connectivity index (χ4v) is 1.04. The molecule has 0 spiro atoms. The first kappa shape index (κ1) is 12.9. The Morgan fingerprint density at radius 3 is 2.43 bits per heavy atom. The summed E-state index contributed by atoms with van der Waals surface area (Å²) >= 11 is 0. The Hall–Kier alpha value is -1.10. The van der Waals surface area contributed by atoms with Crippen molar-refractivity contribution >= 4 is 18.4 Å². The molecule has 0 aliphatic rings. The lowest BCUT2D eigenvalue weighted by Gasteiger charge is -2.07. The first-order chi connectivity index (χ1) is 6.24. The highest BCUT2D eigenvalue weighted by molar-refractivity contribution is 5.85. The van der Waals surface area contributed by atoms with E-state index in [0.29, 0.717) is 6.42 Å². The smallest absolute Gasteiger partial charge is 0.341 e. The molecule has 0 aliphatic carbocycles. The minimum absolute atomic E-state index is 0. The molecule has 1 atom stereocenters. The van der Waals surface area contributed by atoms with Crippen molar-refractivity contribution in [1.29, 1.82) is 0 Å². The zero-order chi connectivity index (χ0) is 9.68. The molecule has 1 aromatic carbocycles. The molecule has 0 unspecified atom stereocenters. The summed E-state index contributed by atoms with van der Waals surface area (Å²) in [6, 6.07) is 8.77. The zero-order valence-electron chi connectivity index (χ0n) is 7.55. The molecule has 0 radical (unpaired) electrons. The van der Waals surface area contributed by atoms with Crippen LogP contribution in [0.25, 0.3) is 0 Å². The predicted molar refractivity (Wildman–Crippen MR) is 55.6 cm³/mol. The number of carbonyl (C=O) groups is 1. The van der Waals surface area contributed by atoms with Crippen LogP contribution in [0.4, 0.5) is 0 Å². The molecule has 0 aromatic heterocycles. The number of hydrogen-bond acceptors (Lipinski definition) is 4. The Kier molecular flexibility index (Phi) is 5.87. The molecule has 0 saturated heterocycles. The lowest BCUT2D eigenvalue weighted by atomic mass is 10.1. The largest absolute Gasteiger partial charge is 0.372 e. The SMILES string of the molecule is Cl.NOC(=O)[C@@H](N)Cc1ccccc1. The van der Waals surface area contributed by atoms with Gasteiger partial charge in [-0.1, -0.05) is 30.3 Å². The van der Waals surface area contributed by atoms with Crippen molar-refractivity contribution in [1.82, 2.24) is 0 Å². The number of carbonyl (C=O) groups excluding carboxylic acids is 1. The van der Waals surface area contributed by atoms with E-state index >= 15 is 0 Å². The summed E-state index contributed by atoms with van der Waals surface area (Å²) in [6.07, 6.45) is 0.441. The van der Waals surface area contributed by atoms with E-state index in [2.05, 4.69) is 4.84 Å². The summed E-state index contributed by atoms with van der Waals surface area (Å²) in [5.41, 5.74) is 6.49. The molecule has 14 heavy (non-hydrogen) atoms. The summed E-state index contributed by atoms with van der Waals surface area (Å²) < 4.78 is 0. The minimum Gasteiger partial charge on any atom is -0.372 e. The molecule has 0 bridgehead atoms. The number of halogens is 1. The molecule has 0 aliphatic heterocycles. The first-order valence-corrected chi connectivity index (χ1v) is 3.94. The van der Waals surface area contributed by atoms with Crippen LogP contribution in [0.15, 0.2) is 30.3 Å². The van der Waals surface area contributed by atoms with E-state index in [4.69, 9.17) is 11.6 Å². The van der Waals surface area contributed by atoms with Gasteiger partial charge in [-0.2, -0.15) is 5.90 Å². The van der Waals surface area contributed by atoms with Crippen LogP contribution >= 0.6 is 12.4 Å². The van der Waals surface area contributed by atoms with Crippen LogP contribution in [-0.4, -0.2) is 12.0 Å². The molecule has 0 fully saturated rings. The van der Waals surface area contributed by atoms with Crippen molar-refractivity contribution in [3.05, 3.63) is 35.9 Å². The van der Waals surface area contributed by atoms with Crippen molar-refractivity contribution in [3.8, 4) is 0 Å². The number of nitrogens with two attached hydrogens (primary N) is 2. The van der Waals surface area contributed by atoms with Gasteiger partial charge in [0.15, 0.2) is 0 Å². The second-order valence-electron chi connectivity index (χ2n) is 2.73. The van der Waals surface area contributed by atoms with E-state index in [-0.39, 0.29) is 12.4 Å². The Morgan fingerprint density at radius 1 is 1.36 bits per heavy atom. The second-order valence-corrected chi connectivity index (χ2v) is 2.73. The molecule has 4 nitrogen and oxygen atoms in total. The summed E-state index contributed by atoms with van der Waals surface area (Å²) in [6.45, 7) is 0. The van der Waals surface area contributed by atoms with Gasteiger partial charge in [0, 0.05) is 0 Å². The highest BCUT2D eigenvalue weighted by atomic mass is 35.5. The minimum atomic E-state index is -0.688. The van der Waals surface area contributed by atoms with Crippen molar-refractivity contribution in [3.63, 3.8) is 0 Å². The molecule has 1 rings (SSSR count). The van der Waals surface area contributed by atoms with Crippen LogP contribution in [0.5, 0.6) is 0 Å². The Labute approximate surface area is 88.6 Å². The second kappa shape index (κ2) is 6.37. The van der Waals surface area contributed by atoms with Gasteiger partial charge < -0.3 is 10.6 Å². The maximum atomic E-state index is 10.8. The summed E-state index contributed by atoms with van der Waals surface area (Å²) in [7, 11) is 0. The third-order valence-corrected chi connectivity index (χ3v) is 1.72.